The molecule has 0 saturated carbocycles. The molecule has 0 atom stereocenters. The number of nitrogens with one attached hydrogen (secondary N) is 2. The third-order valence-corrected chi connectivity index (χ3v) is 5.60. The molecule has 9 nitrogen and oxygen atoms in total. The molecule has 0 bridgehead atoms. The zero-order valence-corrected chi connectivity index (χ0v) is 17.0. The summed E-state index contributed by atoms with van der Waals surface area (Å²) in [5, 5.41) is 7.39. The monoisotopic (exact) mass is 381 g/mol. The Balaban J connectivity index is 2.01. The van der Waals surface area contributed by atoms with Crippen LogP contribution in [-0.4, -0.2) is 55.4 Å². The second kappa shape index (κ2) is 8.00. The van der Waals surface area contributed by atoms with E-state index in [1.807, 2.05) is 38.9 Å². The highest BCUT2D eigenvalue weighted by molar-refractivity contribution is 7.89. The van der Waals surface area contributed by atoms with Gasteiger partial charge in [0.1, 0.15) is 22.4 Å². The summed E-state index contributed by atoms with van der Waals surface area (Å²) in [6, 6.07) is 1.82. The lowest BCUT2D eigenvalue weighted by atomic mass is 10.4. The van der Waals surface area contributed by atoms with Crippen molar-refractivity contribution in [2.24, 2.45) is 0 Å². The van der Waals surface area contributed by atoms with E-state index in [1.165, 1.54) is 0 Å². The number of rotatable bonds is 8. The van der Waals surface area contributed by atoms with Gasteiger partial charge in [0.25, 0.3) is 0 Å². The van der Waals surface area contributed by atoms with Gasteiger partial charge < -0.3 is 10.2 Å². The normalized spacial score (nSPS) is 11.6. The number of aryl methyl sites for hydroxylation is 3. The summed E-state index contributed by atoms with van der Waals surface area (Å²) in [5.41, 5.74) is 1.15. The fourth-order valence-corrected chi connectivity index (χ4v) is 4.14. The van der Waals surface area contributed by atoms with Gasteiger partial charge in [-0.1, -0.05) is 0 Å². The van der Waals surface area contributed by atoms with Crippen molar-refractivity contribution in [1.82, 2.24) is 24.5 Å². The Bertz CT molecular complexity index is 875. The molecule has 2 rings (SSSR count). The minimum atomic E-state index is -3.61. The van der Waals surface area contributed by atoms with Crippen LogP contribution in [0.3, 0.4) is 0 Å². The topological polar surface area (TPSA) is 105 Å². The summed E-state index contributed by atoms with van der Waals surface area (Å²) in [4.78, 5) is 10.8. The average molecular weight is 382 g/mol. The Morgan fingerprint density at radius 2 is 1.85 bits per heavy atom. The third-order valence-electron chi connectivity index (χ3n) is 3.89. The highest BCUT2D eigenvalue weighted by Gasteiger charge is 2.23. The van der Waals surface area contributed by atoms with E-state index in [-0.39, 0.29) is 11.4 Å². The van der Waals surface area contributed by atoms with Gasteiger partial charge in [-0.15, -0.1) is 0 Å². The van der Waals surface area contributed by atoms with Gasteiger partial charge in [0.2, 0.25) is 10.0 Å². The van der Waals surface area contributed by atoms with Crippen molar-refractivity contribution in [3.05, 3.63) is 23.3 Å². The summed E-state index contributed by atoms with van der Waals surface area (Å²) < 4.78 is 29.5. The van der Waals surface area contributed by atoms with E-state index in [2.05, 4.69) is 25.1 Å². The molecule has 2 aromatic heterocycles. The number of hydrogen-bond donors (Lipinski definition) is 2. The molecule has 2 N–H and O–H groups in total. The molecule has 10 heteroatoms. The van der Waals surface area contributed by atoms with Crippen LogP contribution >= 0.6 is 0 Å². The lowest BCUT2D eigenvalue weighted by Crippen LogP contribution is -2.30. The van der Waals surface area contributed by atoms with Crippen LogP contribution in [0, 0.1) is 20.8 Å². The molecule has 0 unspecified atom stereocenters. The number of anilines is 2. The van der Waals surface area contributed by atoms with E-state index in [0.29, 0.717) is 36.1 Å². The van der Waals surface area contributed by atoms with Gasteiger partial charge in [0.05, 0.1) is 11.4 Å². The Morgan fingerprint density at radius 3 is 2.42 bits per heavy atom. The number of hydrogen-bond acceptors (Lipinski definition) is 7. The molecule has 2 aromatic rings. The van der Waals surface area contributed by atoms with Crippen LogP contribution in [-0.2, 0) is 16.6 Å². The Hall–Kier alpha value is -2.20. The predicted octanol–water partition coefficient (Wildman–Crippen LogP) is 1.07. The van der Waals surface area contributed by atoms with E-state index in [4.69, 9.17) is 0 Å². The van der Waals surface area contributed by atoms with Crippen molar-refractivity contribution in [2.45, 2.75) is 39.1 Å². The van der Waals surface area contributed by atoms with Crippen LogP contribution in [0.25, 0.3) is 0 Å². The van der Waals surface area contributed by atoms with Crippen LogP contribution in [0.5, 0.6) is 0 Å². The van der Waals surface area contributed by atoms with Crippen molar-refractivity contribution in [2.75, 3.05) is 37.4 Å². The first-order chi connectivity index (χ1) is 12.2. The summed E-state index contributed by atoms with van der Waals surface area (Å²) in [7, 11) is 0.198. The largest absolute Gasteiger partial charge is 0.369 e. The first-order valence-corrected chi connectivity index (χ1v) is 9.94. The van der Waals surface area contributed by atoms with Crippen LogP contribution in [0.4, 0.5) is 11.6 Å². The Labute approximate surface area is 154 Å². The number of sulfonamides is 1. The molecular weight excluding hydrogens is 354 g/mol. The smallest absolute Gasteiger partial charge is 0.244 e. The van der Waals surface area contributed by atoms with Gasteiger partial charge in [-0.05, 0) is 27.7 Å². The van der Waals surface area contributed by atoms with Gasteiger partial charge in [0.15, 0.2) is 0 Å². The molecule has 2 heterocycles. The molecule has 0 spiro atoms. The van der Waals surface area contributed by atoms with Crippen molar-refractivity contribution in [3.63, 3.8) is 0 Å². The van der Waals surface area contributed by atoms with Crippen LogP contribution in [0.1, 0.15) is 24.1 Å². The minimum absolute atomic E-state index is 0.235. The highest BCUT2D eigenvalue weighted by atomic mass is 32.2. The number of nitrogens with zero attached hydrogens (tertiary/aromatic N) is 5. The highest BCUT2D eigenvalue weighted by Crippen LogP contribution is 2.19. The lowest BCUT2D eigenvalue weighted by Gasteiger charge is -2.14. The van der Waals surface area contributed by atoms with Crippen molar-refractivity contribution >= 4 is 21.7 Å². The molecule has 0 radical (unpaired) electrons. The molecule has 0 aliphatic heterocycles. The zero-order valence-electron chi connectivity index (χ0n) is 16.2. The predicted molar refractivity (Wildman–Crippen MR) is 102 cm³/mol. The SMILES string of the molecule is CCn1nc(C)c(S(=O)(=O)NCCNc2cc(N(C)C)nc(C)n2)c1C. The quantitative estimate of drug-likeness (QED) is 0.659. The Kier molecular flexibility index (Phi) is 6.19. The molecule has 0 aromatic carbocycles. The molecule has 0 saturated heterocycles. The van der Waals surface area contributed by atoms with Crippen LogP contribution in [0.2, 0.25) is 0 Å². The maximum atomic E-state index is 12.6. The van der Waals surface area contributed by atoms with E-state index in [0.717, 1.165) is 5.82 Å². The van der Waals surface area contributed by atoms with Gasteiger partial charge in [-0.2, -0.15) is 5.10 Å². The van der Waals surface area contributed by atoms with Crippen molar-refractivity contribution in [3.8, 4) is 0 Å². The second-order valence-corrected chi connectivity index (χ2v) is 7.90. The maximum absolute atomic E-state index is 12.6. The van der Waals surface area contributed by atoms with Gasteiger partial charge in [-0.25, -0.2) is 23.1 Å². The summed E-state index contributed by atoms with van der Waals surface area (Å²) in [6.07, 6.45) is 0. The summed E-state index contributed by atoms with van der Waals surface area (Å²) in [6.45, 7) is 8.49. The molecular formula is C16H27N7O2S. The molecule has 144 valence electrons. The van der Waals surface area contributed by atoms with E-state index in [9.17, 15) is 8.42 Å². The maximum Gasteiger partial charge on any atom is 0.244 e. The summed E-state index contributed by atoms with van der Waals surface area (Å²) in [5.74, 6) is 2.10. The average Bonchev–Trinajstić information content (AvgIpc) is 2.85. The first-order valence-electron chi connectivity index (χ1n) is 8.46. The number of aromatic nitrogens is 4. The zero-order chi connectivity index (χ0) is 19.5. The molecule has 26 heavy (non-hydrogen) atoms. The molecule has 0 fully saturated rings. The van der Waals surface area contributed by atoms with Crippen molar-refractivity contribution in [1.29, 1.82) is 0 Å². The second-order valence-electron chi connectivity index (χ2n) is 6.19. The van der Waals surface area contributed by atoms with E-state index < -0.39 is 10.0 Å². The van der Waals surface area contributed by atoms with Gasteiger partial charge in [0, 0.05) is 39.8 Å². The van der Waals surface area contributed by atoms with Crippen molar-refractivity contribution < 1.29 is 8.42 Å². The lowest BCUT2D eigenvalue weighted by molar-refractivity contribution is 0.580. The first kappa shape index (κ1) is 20.1. The summed E-state index contributed by atoms with van der Waals surface area (Å²) >= 11 is 0. The van der Waals surface area contributed by atoms with E-state index >= 15 is 0 Å². The molecule has 0 aliphatic rings. The van der Waals surface area contributed by atoms with E-state index in [1.54, 1.807) is 18.5 Å². The van der Waals surface area contributed by atoms with Gasteiger partial charge in [-0.3, -0.25) is 4.68 Å². The van der Waals surface area contributed by atoms with Crippen LogP contribution in [0.15, 0.2) is 11.0 Å². The Morgan fingerprint density at radius 1 is 1.15 bits per heavy atom. The molecule has 0 amide bonds. The van der Waals surface area contributed by atoms with Crippen LogP contribution < -0.4 is 14.9 Å². The molecule has 0 aliphatic carbocycles. The fraction of sp³-hybridized carbons (Fsp3) is 0.562. The van der Waals surface area contributed by atoms with Gasteiger partial charge >= 0.3 is 0 Å². The minimum Gasteiger partial charge on any atom is -0.369 e. The third kappa shape index (κ3) is 4.50. The standard InChI is InChI=1S/C16H27N7O2S/c1-7-23-12(3)16(11(2)21-23)26(24,25)18-9-8-17-14-10-15(22(5)6)20-13(4)19-14/h10,18H,7-9H2,1-6H3,(H,17,19,20). The fourth-order valence-electron chi connectivity index (χ4n) is 2.70.